The topological polar surface area (TPSA) is 166 Å². The van der Waals surface area contributed by atoms with Crippen molar-refractivity contribution in [3.63, 3.8) is 0 Å². The van der Waals surface area contributed by atoms with Crippen LogP contribution in [0, 0.1) is 47.3 Å². The largest absolute Gasteiger partial charge is 0.305 e. The van der Waals surface area contributed by atoms with Gasteiger partial charge in [0.25, 0.3) is 10.1 Å². The Morgan fingerprint density at radius 1 is 0.466 bits per heavy atom. The first kappa shape index (κ1) is 44.7. The van der Waals surface area contributed by atoms with E-state index in [1.807, 2.05) is 0 Å². The third-order valence-electron chi connectivity index (χ3n) is 17.0. The third-order valence-corrected chi connectivity index (χ3v) is 18.9. The van der Waals surface area contributed by atoms with Gasteiger partial charge in [0.1, 0.15) is 6.23 Å². The van der Waals surface area contributed by atoms with Crippen LogP contribution in [0.3, 0.4) is 0 Å². The molecule has 0 aromatic rings. The molecule has 0 aromatic heterocycles. The minimum absolute atomic E-state index is 0. The van der Waals surface area contributed by atoms with Gasteiger partial charge in [-0.3, -0.25) is 46.7 Å². The van der Waals surface area contributed by atoms with Crippen LogP contribution >= 0.6 is 0 Å². The maximum absolute atomic E-state index is 14.4. The van der Waals surface area contributed by atoms with Gasteiger partial charge in [0.2, 0.25) is 0 Å². The minimum atomic E-state index is -3.90. The van der Waals surface area contributed by atoms with Gasteiger partial charge in [-0.25, -0.2) is 0 Å². The Labute approximate surface area is 362 Å². The second kappa shape index (κ2) is 20.3. The van der Waals surface area contributed by atoms with Gasteiger partial charge in [-0.05, 0) is 106 Å². The molecule has 0 aromatic carbocycles. The van der Waals surface area contributed by atoms with Crippen LogP contribution in [-0.2, 0) is 31.4 Å². The molecule has 18 atom stereocenters. The summed E-state index contributed by atoms with van der Waals surface area (Å²) in [4.78, 5) is 0. The minimum Gasteiger partial charge on any atom is -0.305 e. The average molecular weight is 880 g/mol. The van der Waals surface area contributed by atoms with Gasteiger partial charge in [0.05, 0.1) is 54.6 Å². The Balaban J connectivity index is 0.00000469. The van der Waals surface area contributed by atoms with Gasteiger partial charge >= 0.3 is 0 Å². The fourth-order valence-electron chi connectivity index (χ4n) is 14.3. The molecule has 12 nitrogen and oxygen atoms in total. The summed E-state index contributed by atoms with van der Waals surface area (Å²) in [7, 11) is -3.90. The Morgan fingerprint density at radius 2 is 0.793 bits per heavy atom. The zero-order chi connectivity index (χ0) is 38.9. The number of hydrogen-bond donors (Lipinski definition) is 9. The molecule has 9 rings (SSSR count). The summed E-state index contributed by atoms with van der Waals surface area (Å²) in [6.45, 7) is 2.26. The molecule has 10 N–H and O–H groups in total. The predicted molar refractivity (Wildman–Crippen MR) is 226 cm³/mol. The van der Waals surface area contributed by atoms with E-state index in [-0.39, 0.29) is 65.9 Å². The van der Waals surface area contributed by atoms with Gasteiger partial charge in [0, 0.05) is 23.0 Å². The van der Waals surface area contributed by atoms with Gasteiger partial charge in [-0.2, -0.15) is 8.42 Å². The van der Waals surface area contributed by atoms with Gasteiger partial charge in [-0.1, -0.05) is 103 Å². The molecular formula is C44H81CuN9O3S. The van der Waals surface area contributed by atoms with Crippen LogP contribution < -0.4 is 48.3 Å². The van der Waals surface area contributed by atoms with Gasteiger partial charge in [-0.15, -0.1) is 0 Å². The second-order valence-electron chi connectivity index (χ2n) is 20.4. The third kappa shape index (κ3) is 9.60. The van der Waals surface area contributed by atoms with Crippen molar-refractivity contribution in [3.8, 4) is 0 Å². The first-order valence-corrected chi connectivity index (χ1v) is 26.1. The predicted octanol–water partition coefficient (Wildman–Crippen LogP) is 5.13. The Morgan fingerprint density at radius 3 is 1.19 bits per heavy atom. The van der Waals surface area contributed by atoms with Gasteiger partial charge in [0.15, 0.2) is 0 Å². The quantitative estimate of drug-likeness (QED) is 0.0520. The number of nitrogens with one attached hydrogen (secondary N) is 8. The van der Waals surface area contributed by atoms with Crippen molar-refractivity contribution in [1.82, 2.24) is 42.5 Å². The summed E-state index contributed by atoms with van der Waals surface area (Å²) in [6, 6.07) is 0. The van der Waals surface area contributed by atoms with Crippen LogP contribution in [0.15, 0.2) is 0 Å². The smallest absolute Gasteiger partial charge is 0.272 e. The Hall–Kier alpha value is 0.0695. The first-order chi connectivity index (χ1) is 27.9. The van der Waals surface area contributed by atoms with Gasteiger partial charge < -0.3 is 5.73 Å². The molecule has 9 fully saturated rings. The van der Waals surface area contributed by atoms with Crippen LogP contribution in [0.4, 0.5) is 0 Å². The second-order valence-corrected chi connectivity index (χ2v) is 22.2. The van der Waals surface area contributed by atoms with E-state index in [9.17, 15) is 8.42 Å². The van der Waals surface area contributed by atoms with E-state index in [4.69, 9.17) is 9.92 Å². The molecule has 337 valence electrons. The molecule has 18 unspecified atom stereocenters. The van der Waals surface area contributed by atoms with E-state index >= 15 is 0 Å². The number of nitrogens with two attached hydrogens (primary N) is 1. The van der Waals surface area contributed by atoms with Crippen molar-refractivity contribution in [2.24, 2.45) is 53.1 Å². The molecule has 4 aliphatic carbocycles. The van der Waals surface area contributed by atoms with E-state index in [1.54, 1.807) is 0 Å². The zero-order valence-corrected chi connectivity index (χ0v) is 37.3. The number of fused-ring (bicyclic) bond motifs is 20. The molecule has 14 heteroatoms. The van der Waals surface area contributed by atoms with Crippen molar-refractivity contribution in [2.75, 3.05) is 0 Å². The summed E-state index contributed by atoms with van der Waals surface area (Å²) >= 11 is 0. The number of rotatable bonds is 13. The molecule has 8 bridgehead atoms. The normalized spacial score (nSPS) is 45.4. The zero-order valence-electron chi connectivity index (χ0n) is 35.6. The van der Waals surface area contributed by atoms with Crippen LogP contribution in [0.2, 0.25) is 0 Å². The van der Waals surface area contributed by atoms with E-state index in [0.717, 1.165) is 25.7 Å². The summed E-state index contributed by atoms with van der Waals surface area (Å²) in [5.41, 5.74) is 6.50. The van der Waals surface area contributed by atoms with Crippen molar-refractivity contribution < 1.29 is 29.7 Å². The maximum Gasteiger partial charge on any atom is 0.272 e. The van der Waals surface area contributed by atoms with Crippen molar-refractivity contribution in [3.05, 3.63) is 0 Å². The SMILES string of the molecule is CCCCCCCCCCCC(N)OS(=O)(=O)C1CCCC2C3NC4NC(NC5NC(NC6NC(NC(N3)C21)C1CCCCC61)C1CCCCC51)C1CCCCC41.[Cu]. The molecule has 58 heavy (non-hydrogen) atoms. The van der Waals surface area contributed by atoms with Crippen molar-refractivity contribution >= 4 is 10.1 Å². The van der Waals surface area contributed by atoms with E-state index in [2.05, 4.69) is 49.5 Å². The molecular weight excluding hydrogens is 798 g/mol. The molecule has 1 radical (unpaired) electrons. The van der Waals surface area contributed by atoms with E-state index in [0.29, 0.717) is 60.7 Å². The Bertz CT molecular complexity index is 1420. The summed E-state index contributed by atoms with van der Waals surface area (Å²) in [6.07, 6.45) is 30.0. The fraction of sp³-hybridized carbons (Fsp3) is 1.00. The number of unbranched alkanes of at least 4 members (excludes halogenated alkanes) is 8. The summed E-state index contributed by atoms with van der Waals surface area (Å²) in [5.74, 6) is 3.58. The molecule has 5 aliphatic heterocycles. The van der Waals surface area contributed by atoms with Crippen LogP contribution in [0.5, 0.6) is 0 Å². The van der Waals surface area contributed by atoms with Crippen molar-refractivity contribution in [2.45, 2.75) is 228 Å². The molecule has 5 heterocycles. The monoisotopic (exact) mass is 879 g/mol. The van der Waals surface area contributed by atoms with E-state index in [1.165, 1.54) is 122 Å². The van der Waals surface area contributed by atoms with E-state index < -0.39 is 21.6 Å². The molecule has 0 spiro atoms. The van der Waals surface area contributed by atoms with Crippen molar-refractivity contribution in [1.29, 1.82) is 0 Å². The van der Waals surface area contributed by atoms with Crippen LogP contribution in [-0.4, -0.2) is 69.2 Å². The molecule has 9 aliphatic rings. The summed E-state index contributed by atoms with van der Waals surface area (Å²) < 4.78 is 34.8. The maximum atomic E-state index is 14.4. The Kier molecular flexibility index (Phi) is 15.6. The first-order valence-electron chi connectivity index (χ1n) is 24.6. The fourth-order valence-corrected chi connectivity index (χ4v) is 16.1. The standard InChI is InChI=1S/C44H81N9O3S.Cu/c1-2-3-4-5-6-7-8-9-10-26-35(45)56-57(54,55)34-25-17-24-33-36(34)44-52-42-32-23-16-15-22-31(32)40(50-42)48-38-28-19-12-11-18-27(28)37(46-38)47-39-29-20-13-14-21-30(29)41(49-39)51-43(33)53-44;/h27-44,46-53H,2-26,45H2,1H3;. The molecule has 0 amide bonds. The molecule has 4 saturated carbocycles. The van der Waals surface area contributed by atoms with Crippen LogP contribution in [0.25, 0.3) is 0 Å². The number of hydrogen-bond acceptors (Lipinski definition) is 12. The summed E-state index contributed by atoms with van der Waals surface area (Å²) in [5, 5.41) is 32.7. The molecule has 5 saturated heterocycles. The van der Waals surface area contributed by atoms with Crippen LogP contribution in [0.1, 0.15) is 167 Å². The average Bonchev–Trinajstić information content (AvgIpc) is 3.96.